The summed E-state index contributed by atoms with van der Waals surface area (Å²) in [7, 11) is 1.87. The minimum absolute atomic E-state index is 0.433. The van der Waals surface area contributed by atoms with E-state index in [0.29, 0.717) is 6.10 Å². The monoisotopic (exact) mass is 269 g/mol. The molecule has 1 aromatic heterocycles. The lowest BCUT2D eigenvalue weighted by atomic mass is 10.1. The van der Waals surface area contributed by atoms with Crippen LogP contribution in [0, 0.1) is 0 Å². The maximum absolute atomic E-state index is 5.76. The zero-order chi connectivity index (χ0) is 13.9. The molecule has 0 spiro atoms. The van der Waals surface area contributed by atoms with Gasteiger partial charge in [0.05, 0.1) is 11.8 Å². The third-order valence-electron chi connectivity index (χ3n) is 3.32. The van der Waals surface area contributed by atoms with E-state index in [-0.39, 0.29) is 0 Å². The van der Waals surface area contributed by atoms with Crippen molar-refractivity contribution in [2.45, 2.75) is 32.3 Å². The first-order chi connectivity index (χ1) is 9.78. The topological polar surface area (TPSA) is 47.0 Å². The van der Waals surface area contributed by atoms with Gasteiger partial charge in [0.2, 0.25) is 0 Å². The second-order valence-corrected chi connectivity index (χ2v) is 5.00. The van der Waals surface area contributed by atoms with Crippen LogP contribution in [-0.4, -0.2) is 23.1 Å². The Bertz CT molecular complexity index is 569. The maximum Gasteiger partial charge on any atom is 0.131 e. The zero-order valence-corrected chi connectivity index (χ0v) is 11.9. The lowest BCUT2D eigenvalue weighted by Crippen LogP contribution is -2.01. The molecule has 0 unspecified atom stereocenters. The highest BCUT2D eigenvalue weighted by atomic mass is 16.5. The summed E-state index contributed by atoms with van der Waals surface area (Å²) in [6.07, 6.45) is 3.62. The first kappa shape index (κ1) is 12.9. The van der Waals surface area contributed by atoms with Crippen LogP contribution in [0.4, 0.5) is 5.82 Å². The van der Waals surface area contributed by atoms with Gasteiger partial charge in [0, 0.05) is 25.1 Å². The number of anilines is 1. The summed E-state index contributed by atoms with van der Waals surface area (Å²) < 4.78 is 5.76. The molecule has 1 aromatic carbocycles. The van der Waals surface area contributed by atoms with Crippen LogP contribution in [0.15, 0.2) is 30.3 Å². The Balaban J connectivity index is 1.86. The molecule has 0 radical (unpaired) electrons. The van der Waals surface area contributed by atoms with Crippen LogP contribution in [0.1, 0.15) is 25.6 Å². The highest BCUT2D eigenvalue weighted by Crippen LogP contribution is 2.28. The zero-order valence-electron chi connectivity index (χ0n) is 11.9. The van der Waals surface area contributed by atoms with Crippen LogP contribution in [-0.2, 0) is 6.42 Å². The molecule has 1 fully saturated rings. The van der Waals surface area contributed by atoms with Gasteiger partial charge < -0.3 is 10.1 Å². The van der Waals surface area contributed by atoms with Crippen LogP contribution >= 0.6 is 0 Å². The minimum atomic E-state index is 0.433. The van der Waals surface area contributed by atoms with Crippen molar-refractivity contribution in [2.75, 3.05) is 12.4 Å². The average Bonchev–Trinajstić information content (AvgIpc) is 3.31. The number of benzene rings is 1. The van der Waals surface area contributed by atoms with E-state index in [1.807, 2.05) is 25.2 Å². The van der Waals surface area contributed by atoms with Crippen molar-refractivity contribution < 1.29 is 4.74 Å². The minimum Gasteiger partial charge on any atom is -0.490 e. The highest BCUT2D eigenvalue weighted by molar-refractivity contribution is 5.63. The Morgan fingerprint density at radius 2 is 1.95 bits per heavy atom. The van der Waals surface area contributed by atoms with Gasteiger partial charge in [-0.25, -0.2) is 9.97 Å². The van der Waals surface area contributed by atoms with Gasteiger partial charge >= 0.3 is 0 Å². The molecule has 2 aromatic rings. The van der Waals surface area contributed by atoms with Crippen LogP contribution < -0.4 is 10.1 Å². The van der Waals surface area contributed by atoms with Crippen LogP contribution in [0.3, 0.4) is 0 Å². The number of nitrogens with zero attached hydrogens (tertiary/aromatic N) is 2. The van der Waals surface area contributed by atoms with Crippen molar-refractivity contribution in [1.29, 1.82) is 0 Å². The predicted molar refractivity (Wildman–Crippen MR) is 80.0 cm³/mol. The quantitative estimate of drug-likeness (QED) is 0.904. The van der Waals surface area contributed by atoms with Gasteiger partial charge in [0.15, 0.2) is 0 Å². The van der Waals surface area contributed by atoms with E-state index < -0.39 is 0 Å². The van der Waals surface area contributed by atoms with Gasteiger partial charge in [-0.3, -0.25) is 0 Å². The molecule has 0 atom stereocenters. The Hall–Kier alpha value is -2.10. The lowest BCUT2D eigenvalue weighted by Gasteiger charge is -2.08. The summed E-state index contributed by atoms with van der Waals surface area (Å²) in [5.74, 6) is 2.64. The standard InChI is InChI=1S/C16H19N3O/c1-3-15-18-14(10-16(17-2)19-15)11-4-6-12(7-5-11)20-13-8-9-13/h4-7,10,13H,3,8-9H2,1-2H3,(H,17,18,19). The molecular formula is C16H19N3O. The van der Waals surface area contributed by atoms with Crippen molar-refractivity contribution in [1.82, 2.24) is 9.97 Å². The van der Waals surface area contributed by atoms with Gasteiger partial charge in [0.1, 0.15) is 17.4 Å². The molecule has 1 N–H and O–H groups in total. The van der Waals surface area contributed by atoms with Crippen molar-refractivity contribution in [3.63, 3.8) is 0 Å². The molecule has 4 nitrogen and oxygen atoms in total. The van der Waals surface area contributed by atoms with E-state index in [9.17, 15) is 0 Å². The molecule has 1 aliphatic rings. The van der Waals surface area contributed by atoms with Gasteiger partial charge in [0.25, 0.3) is 0 Å². The molecule has 0 bridgehead atoms. The summed E-state index contributed by atoms with van der Waals surface area (Å²) in [4.78, 5) is 9.00. The van der Waals surface area contributed by atoms with E-state index >= 15 is 0 Å². The van der Waals surface area contributed by atoms with Crippen molar-refractivity contribution in [3.8, 4) is 17.0 Å². The molecule has 1 aliphatic carbocycles. The normalized spacial score (nSPS) is 14.1. The van der Waals surface area contributed by atoms with Gasteiger partial charge in [-0.2, -0.15) is 0 Å². The largest absolute Gasteiger partial charge is 0.490 e. The molecular weight excluding hydrogens is 250 g/mol. The fourth-order valence-corrected chi connectivity index (χ4v) is 2.01. The van der Waals surface area contributed by atoms with Crippen molar-refractivity contribution in [3.05, 3.63) is 36.2 Å². The molecule has 0 amide bonds. The SMILES string of the molecule is CCc1nc(NC)cc(-c2ccc(OC3CC3)cc2)n1. The third-order valence-corrected chi connectivity index (χ3v) is 3.32. The number of hydrogen-bond acceptors (Lipinski definition) is 4. The number of hydrogen-bond donors (Lipinski definition) is 1. The van der Waals surface area contributed by atoms with Crippen LogP contribution in [0.2, 0.25) is 0 Å². The Morgan fingerprint density at radius 3 is 2.55 bits per heavy atom. The first-order valence-electron chi connectivity index (χ1n) is 7.11. The maximum atomic E-state index is 5.76. The number of nitrogens with one attached hydrogen (secondary N) is 1. The molecule has 1 heterocycles. The third kappa shape index (κ3) is 2.90. The van der Waals surface area contributed by atoms with E-state index in [4.69, 9.17) is 4.74 Å². The second kappa shape index (κ2) is 5.49. The fraction of sp³-hybridized carbons (Fsp3) is 0.375. The summed E-state index contributed by atoms with van der Waals surface area (Å²) in [5.41, 5.74) is 2.03. The molecule has 1 saturated carbocycles. The number of rotatable bonds is 5. The van der Waals surface area contributed by atoms with Crippen LogP contribution in [0.5, 0.6) is 5.75 Å². The van der Waals surface area contributed by atoms with Crippen molar-refractivity contribution >= 4 is 5.82 Å². The molecule has 20 heavy (non-hydrogen) atoms. The molecule has 3 rings (SSSR count). The molecule has 0 aliphatic heterocycles. The summed E-state index contributed by atoms with van der Waals surface area (Å²) in [6.45, 7) is 2.06. The fourth-order valence-electron chi connectivity index (χ4n) is 2.01. The number of aromatic nitrogens is 2. The average molecular weight is 269 g/mol. The Morgan fingerprint density at radius 1 is 1.20 bits per heavy atom. The second-order valence-electron chi connectivity index (χ2n) is 5.00. The van der Waals surface area contributed by atoms with Crippen LogP contribution in [0.25, 0.3) is 11.3 Å². The Kier molecular flexibility index (Phi) is 3.54. The predicted octanol–water partition coefficient (Wildman–Crippen LogP) is 3.29. The number of aryl methyl sites for hydroxylation is 1. The lowest BCUT2D eigenvalue weighted by molar-refractivity contribution is 0.303. The first-order valence-corrected chi connectivity index (χ1v) is 7.11. The van der Waals surface area contributed by atoms with Gasteiger partial charge in [-0.05, 0) is 37.1 Å². The smallest absolute Gasteiger partial charge is 0.131 e. The molecule has 104 valence electrons. The summed E-state index contributed by atoms with van der Waals surface area (Å²) in [6, 6.07) is 10.1. The van der Waals surface area contributed by atoms with E-state index in [1.54, 1.807) is 0 Å². The van der Waals surface area contributed by atoms with E-state index in [0.717, 1.165) is 35.1 Å². The van der Waals surface area contributed by atoms with Gasteiger partial charge in [-0.15, -0.1) is 0 Å². The molecule has 0 saturated heterocycles. The summed E-state index contributed by atoms with van der Waals surface area (Å²) in [5, 5.41) is 3.08. The van der Waals surface area contributed by atoms with E-state index in [1.165, 1.54) is 12.8 Å². The molecule has 4 heteroatoms. The highest BCUT2D eigenvalue weighted by Gasteiger charge is 2.23. The van der Waals surface area contributed by atoms with E-state index in [2.05, 4.69) is 34.3 Å². The number of ether oxygens (including phenoxy) is 1. The Labute approximate surface area is 119 Å². The summed E-state index contributed by atoms with van der Waals surface area (Å²) >= 11 is 0. The van der Waals surface area contributed by atoms with Gasteiger partial charge in [-0.1, -0.05) is 6.92 Å². The van der Waals surface area contributed by atoms with Crippen molar-refractivity contribution in [2.24, 2.45) is 0 Å².